The number of allylic oxidation sites excluding steroid dienone is 25. The monoisotopic (exact) mass is 1030 g/mol. The number of hydrogen-bond acceptors (Lipinski definition) is 3. The van der Waals surface area contributed by atoms with Crippen LogP contribution in [0.4, 0.5) is 0 Å². The van der Waals surface area contributed by atoms with Crippen LogP contribution < -0.4 is 5.32 Å². The number of rotatable bonds is 55. The Balaban J connectivity index is 3.70. The molecule has 424 valence electrons. The lowest BCUT2D eigenvalue weighted by molar-refractivity contribution is -0.123. The first-order chi connectivity index (χ1) is 37.2. The second kappa shape index (κ2) is 64.3. The Labute approximate surface area is 465 Å². The molecule has 0 radical (unpaired) electrons. The Morgan fingerprint density at radius 2 is 0.600 bits per heavy atom. The summed E-state index contributed by atoms with van der Waals surface area (Å²) in [5, 5.41) is 23.2. The van der Waals surface area contributed by atoms with Gasteiger partial charge in [0.05, 0.1) is 18.8 Å². The van der Waals surface area contributed by atoms with Gasteiger partial charge < -0.3 is 15.5 Å². The van der Waals surface area contributed by atoms with Crippen LogP contribution in [0.15, 0.2) is 158 Å². The normalized spacial score (nSPS) is 13.9. The molecule has 0 aromatic rings. The molecule has 4 heteroatoms. The standard InChI is InChI=1S/C71H117NO3/c1-3-5-7-9-11-13-15-17-19-21-23-25-27-29-31-32-33-34-35-36-37-38-39-40-41-43-45-47-49-51-53-55-57-59-61-63-65-67-71(75)72-69(68-73)70(74)66-64-62-60-58-56-54-52-50-48-46-44-42-30-28-26-24-22-20-18-16-14-12-10-8-6-4-2/h5,7,11,13,17,19,23,25,29,31,33-34,36-37,39-40,43,45,49,51,55-58,64,66,69-70,73-74H,3-4,6,8-10,12,14-16,18,20-22,24,26-28,30,32,35,38,41-42,44,46-48,50,52-54,59-63,65,67-68H2,1-2H3,(H,72,75)/b7-5-,13-11-,19-17-,25-23-,31-29-,34-33-,37-36-,40-39-,45-43-,51-49-,57-55-,58-56+,66-64+. The smallest absolute Gasteiger partial charge is 0.220 e. The summed E-state index contributed by atoms with van der Waals surface area (Å²) in [5.74, 6) is -0.110. The van der Waals surface area contributed by atoms with Crippen LogP contribution in [0.1, 0.15) is 264 Å². The van der Waals surface area contributed by atoms with E-state index in [4.69, 9.17) is 0 Å². The molecule has 0 rings (SSSR count). The predicted molar refractivity (Wildman–Crippen MR) is 335 cm³/mol. The molecule has 0 saturated heterocycles. The molecular formula is C71H117NO3. The molecule has 4 nitrogen and oxygen atoms in total. The fourth-order valence-electron chi connectivity index (χ4n) is 8.55. The number of amides is 1. The van der Waals surface area contributed by atoms with E-state index in [-0.39, 0.29) is 12.5 Å². The highest BCUT2D eigenvalue weighted by atomic mass is 16.3. The first-order valence-electron chi connectivity index (χ1n) is 31.2. The Morgan fingerprint density at radius 1 is 0.333 bits per heavy atom. The molecule has 75 heavy (non-hydrogen) atoms. The molecule has 0 aliphatic rings. The lowest BCUT2D eigenvalue weighted by Crippen LogP contribution is -2.45. The van der Waals surface area contributed by atoms with Crippen LogP contribution in [0.2, 0.25) is 0 Å². The van der Waals surface area contributed by atoms with Gasteiger partial charge in [-0.05, 0) is 116 Å². The Hall–Kier alpha value is -3.99. The summed E-state index contributed by atoms with van der Waals surface area (Å²) in [5.41, 5.74) is 0. The summed E-state index contributed by atoms with van der Waals surface area (Å²) in [6.45, 7) is 4.18. The molecular weight excluding hydrogens is 915 g/mol. The van der Waals surface area contributed by atoms with Gasteiger partial charge in [0.25, 0.3) is 0 Å². The topological polar surface area (TPSA) is 69.6 Å². The maximum absolute atomic E-state index is 12.5. The average molecular weight is 1030 g/mol. The molecule has 0 heterocycles. The van der Waals surface area contributed by atoms with Crippen molar-refractivity contribution in [2.24, 2.45) is 0 Å². The second-order valence-electron chi connectivity index (χ2n) is 20.4. The SMILES string of the molecule is CC/C=C\C/C=C\C/C=C\C/C=C\C/C=C\C/C=C\C/C=C\C/C=C\C/C=C\C/C=C\C/C=C\CCCCCC(=O)NC(CO)C(O)/C=C/CC/C=C/CCCCCCCCCCCCCCCCCCCCCC. The molecule has 3 N–H and O–H groups in total. The van der Waals surface area contributed by atoms with E-state index in [1.165, 1.54) is 128 Å². The minimum atomic E-state index is -0.890. The van der Waals surface area contributed by atoms with Gasteiger partial charge in [-0.15, -0.1) is 0 Å². The summed E-state index contributed by atoms with van der Waals surface area (Å²) in [7, 11) is 0. The van der Waals surface area contributed by atoms with E-state index in [0.29, 0.717) is 6.42 Å². The quantitative estimate of drug-likeness (QED) is 0.0420. The van der Waals surface area contributed by atoms with Crippen LogP contribution >= 0.6 is 0 Å². The largest absolute Gasteiger partial charge is 0.394 e. The van der Waals surface area contributed by atoms with Crippen LogP contribution in [-0.2, 0) is 4.79 Å². The van der Waals surface area contributed by atoms with Gasteiger partial charge in [-0.25, -0.2) is 0 Å². The van der Waals surface area contributed by atoms with Gasteiger partial charge in [-0.1, -0.05) is 300 Å². The molecule has 0 aromatic carbocycles. The van der Waals surface area contributed by atoms with Crippen LogP contribution in [0, 0.1) is 0 Å². The first kappa shape index (κ1) is 71.0. The zero-order valence-electron chi connectivity index (χ0n) is 48.8. The van der Waals surface area contributed by atoms with E-state index in [0.717, 1.165) is 116 Å². The Bertz CT molecular complexity index is 1590. The number of aliphatic hydroxyl groups is 2. The third-order valence-electron chi connectivity index (χ3n) is 13.2. The molecule has 0 fully saturated rings. The molecule has 2 unspecified atom stereocenters. The van der Waals surface area contributed by atoms with Gasteiger partial charge in [-0.2, -0.15) is 0 Å². The van der Waals surface area contributed by atoms with Gasteiger partial charge >= 0.3 is 0 Å². The maximum atomic E-state index is 12.5. The van der Waals surface area contributed by atoms with E-state index < -0.39 is 12.1 Å². The van der Waals surface area contributed by atoms with Crippen molar-refractivity contribution < 1.29 is 15.0 Å². The highest BCUT2D eigenvalue weighted by molar-refractivity contribution is 5.76. The third-order valence-corrected chi connectivity index (χ3v) is 13.2. The second-order valence-corrected chi connectivity index (χ2v) is 20.4. The summed E-state index contributed by atoms with van der Waals surface area (Å²) >= 11 is 0. The van der Waals surface area contributed by atoms with Gasteiger partial charge in [0, 0.05) is 6.42 Å². The lowest BCUT2D eigenvalue weighted by atomic mass is 10.0. The van der Waals surface area contributed by atoms with Crippen LogP contribution in [-0.4, -0.2) is 34.9 Å². The minimum Gasteiger partial charge on any atom is -0.394 e. The summed E-state index contributed by atoms with van der Waals surface area (Å²) in [6.07, 6.45) is 103. The average Bonchev–Trinajstić information content (AvgIpc) is 3.41. The molecule has 0 saturated carbocycles. The molecule has 0 spiro atoms. The number of carbonyl (C=O) groups is 1. The van der Waals surface area contributed by atoms with Crippen LogP contribution in [0.3, 0.4) is 0 Å². The number of aliphatic hydroxyl groups excluding tert-OH is 2. The summed E-state index contributed by atoms with van der Waals surface area (Å²) < 4.78 is 0. The van der Waals surface area contributed by atoms with Gasteiger partial charge in [0.15, 0.2) is 0 Å². The molecule has 0 aromatic heterocycles. The Morgan fingerprint density at radius 3 is 0.933 bits per heavy atom. The molecule has 2 atom stereocenters. The predicted octanol–water partition coefficient (Wildman–Crippen LogP) is 21.3. The highest BCUT2D eigenvalue weighted by Crippen LogP contribution is 2.16. The van der Waals surface area contributed by atoms with E-state index in [2.05, 4.69) is 165 Å². The fourth-order valence-corrected chi connectivity index (χ4v) is 8.55. The lowest BCUT2D eigenvalue weighted by Gasteiger charge is -2.19. The van der Waals surface area contributed by atoms with E-state index in [1.54, 1.807) is 6.08 Å². The van der Waals surface area contributed by atoms with Crippen molar-refractivity contribution in [1.29, 1.82) is 0 Å². The van der Waals surface area contributed by atoms with Crippen molar-refractivity contribution in [2.45, 2.75) is 276 Å². The van der Waals surface area contributed by atoms with Gasteiger partial charge in [0.1, 0.15) is 0 Å². The van der Waals surface area contributed by atoms with Crippen molar-refractivity contribution in [3.8, 4) is 0 Å². The molecule has 0 bridgehead atoms. The Kier molecular flexibility index (Phi) is 60.9. The summed E-state index contributed by atoms with van der Waals surface area (Å²) in [4.78, 5) is 12.5. The zero-order valence-corrected chi connectivity index (χ0v) is 48.8. The van der Waals surface area contributed by atoms with Crippen molar-refractivity contribution in [3.63, 3.8) is 0 Å². The fraction of sp³-hybridized carbons (Fsp3) is 0.620. The van der Waals surface area contributed by atoms with Crippen molar-refractivity contribution in [3.05, 3.63) is 158 Å². The van der Waals surface area contributed by atoms with Crippen molar-refractivity contribution >= 4 is 5.91 Å². The number of hydrogen-bond donors (Lipinski definition) is 3. The summed E-state index contributed by atoms with van der Waals surface area (Å²) in [6, 6.07) is -0.671. The molecule has 0 aliphatic heterocycles. The number of nitrogens with one attached hydrogen (secondary N) is 1. The maximum Gasteiger partial charge on any atom is 0.220 e. The number of unbranched alkanes of at least 4 members (excludes halogenated alkanes) is 24. The van der Waals surface area contributed by atoms with E-state index in [9.17, 15) is 15.0 Å². The highest BCUT2D eigenvalue weighted by Gasteiger charge is 2.17. The molecule has 1 amide bonds. The van der Waals surface area contributed by atoms with E-state index in [1.807, 2.05) is 6.08 Å². The van der Waals surface area contributed by atoms with Gasteiger partial charge in [-0.3, -0.25) is 4.79 Å². The van der Waals surface area contributed by atoms with Crippen molar-refractivity contribution in [2.75, 3.05) is 6.61 Å². The van der Waals surface area contributed by atoms with Gasteiger partial charge in [0.2, 0.25) is 5.91 Å². The third kappa shape index (κ3) is 60.7. The number of carbonyl (C=O) groups excluding carboxylic acids is 1. The zero-order chi connectivity index (χ0) is 54.1. The van der Waals surface area contributed by atoms with E-state index >= 15 is 0 Å². The minimum absolute atomic E-state index is 0.110. The van der Waals surface area contributed by atoms with Crippen molar-refractivity contribution in [1.82, 2.24) is 5.32 Å². The van der Waals surface area contributed by atoms with Crippen LogP contribution in [0.25, 0.3) is 0 Å². The molecule has 0 aliphatic carbocycles. The first-order valence-corrected chi connectivity index (χ1v) is 31.2. The van der Waals surface area contributed by atoms with Crippen LogP contribution in [0.5, 0.6) is 0 Å².